The zero-order valence-electron chi connectivity index (χ0n) is 14.4. The van der Waals surface area contributed by atoms with Gasteiger partial charge >= 0.3 is 0 Å². The molecule has 0 aliphatic heterocycles. The Kier molecular flexibility index (Phi) is 6.15. The minimum absolute atomic E-state index is 0.168. The van der Waals surface area contributed by atoms with Crippen molar-refractivity contribution in [2.24, 2.45) is 0 Å². The number of nitrogens with zero attached hydrogens (tertiary/aromatic N) is 2. The van der Waals surface area contributed by atoms with Crippen LogP contribution >= 0.6 is 34.4 Å². The SMILES string of the molecule is Cc1nnc(NC(=O)C(C)Sc2ccc(NS(=O)(=O)c3cccs3)cc2)s1. The number of nitrogens with one attached hydrogen (secondary N) is 2. The van der Waals surface area contributed by atoms with E-state index in [1.165, 1.54) is 23.1 Å². The highest BCUT2D eigenvalue weighted by Gasteiger charge is 2.17. The zero-order valence-corrected chi connectivity index (χ0v) is 17.6. The van der Waals surface area contributed by atoms with Gasteiger partial charge < -0.3 is 0 Å². The van der Waals surface area contributed by atoms with Gasteiger partial charge in [0.1, 0.15) is 9.22 Å². The third-order valence-electron chi connectivity index (χ3n) is 3.30. The summed E-state index contributed by atoms with van der Waals surface area (Å²) < 4.78 is 27.2. The Balaban J connectivity index is 1.59. The van der Waals surface area contributed by atoms with E-state index in [9.17, 15) is 13.2 Å². The minimum Gasteiger partial charge on any atom is -0.300 e. The van der Waals surface area contributed by atoms with Crippen molar-refractivity contribution in [3.63, 3.8) is 0 Å². The van der Waals surface area contributed by atoms with Gasteiger partial charge in [0, 0.05) is 10.6 Å². The predicted octanol–water partition coefficient (Wildman–Crippen LogP) is 3.83. The van der Waals surface area contributed by atoms with Gasteiger partial charge in [0.05, 0.1) is 5.25 Å². The third kappa shape index (κ3) is 5.28. The van der Waals surface area contributed by atoms with Crippen molar-refractivity contribution in [3.05, 3.63) is 46.8 Å². The molecule has 1 amide bonds. The van der Waals surface area contributed by atoms with Crippen LogP contribution in [0.15, 0.2) is 50.9 Å². The predicted molar refractivity (Wildman–Crippen MR) is 110 cm³/mol. The number of anilines is 2. The van der Waals surface area contributed by atoms with Gasteiger partial charge in [0.2, 0.25) is 11.0 Å². The summed E-state index contributed by atoms with van der Waals surface area (Å²) in [5.74, 6) is -0.168. The Bertz CT molecular complexity index is 1010. The van der Waals surface area contributed by atoms with Crippen LogP contribution < -0.4 is 10.0 Å². The number of aromatic nitrogens is 2. The second kappa shape index (κ2) is 8.38. The minimum atomic E-state index is -3.57. The maximum atomic E-state index is 12.2. The second-order valence-corrected chi connectivity index (χ2v) is 10.9. The molecule has 1 unspecified atom stereocenters. The molecule has 11 heteroatoms. The molecule has 0 aliphatic rings. The van der Waals surface area contributed by atoms with Crippen LogP contribution in [0.1, 0.15) is 11.9 Å². The zero-order chi connectivity index (χ0) is 19.4. The molecule has 1 atom stereocenters. The van der Waals surface area contributed by atoms with E-state index in [0.717, 1.165) is 21.2 Å². The van der Waals surface area contributed by atoms with Crippen molar-refractivity contribution in [2.75, 3.05) is 10.0 Å². The lowest BCUT2D eigenvalue weighted by Crippen LogP contribution is -2.22. The van der Waals surface area contributed by atoms with Crippen LogP contribution in [0.2, 0.25) is 0 Å². The lowest BCUT2D eigenvalue weighted by molar-refractivity contribution is -0.115. The van der Waals surface area contributed by atoms with Gasteiger partial charge in [-0.05, 0) is 49.6 Å². The molecule has 1 aromatic carbocycles. The number of thioether (sulfide) groups is 1. The molecule has 0 bridgehead atoms. The summed E-state index contributed by atoms with van der Waals surface area (Å²) >= 11 is 3.85. The van der Waals surface area contributed by atoms with E-state index >= 15 is 0 Å². The quantitative estimate of drug-likeness (QED) is 0.542. The number of rotatable bonds is 7. The second-order valence-electron chi connectivity index (χ2n) is 5.44. The van der Waals surface area contributed by atoms with Gasteiger partial charge in [0.15, 0.2) is 0 Å². The summed E-state index contributed by atoms with van der Waals surface area (Å²) in [6.07, 6.45) is 0. The van der Waals surface area contributed by atoms with E-state index in [4.69, 9.17) is 0 Å². The molecule has 0 saturated carbocycles. The first-order chi connectivity index (χ1) is 12.8. The summed E-state index contributed by atoms with van der Waals surface area (Å²) in [5.41, 5.74) is 0.467. The Morgan fingerprint density at radius 1 is 1.19 bits per heavy atom. The van der Waals surface area contributed by atoms with Crippen molar-refractivity contribution in [1.29, 1.82) is 0 Å². The Morgan fingerprint density at radius 2 is 1.93 bits per heavy atom. The fourth-order valence-electron chi connectivity index (χ4n) is 2.04. The first-order valence-electron chi connectivity index (χ1n) is 7.77. The number of carbonyl (C=O) groups is 1. The highest BCUT2D eigenvalue weighted by molar-refractivity contribution is 8.00. The van der Waals surface area contributed by atoms with Crippen molar-refractivity contribution < 1.29 is 13.2 Å². The van der Waals surface area contributed by atoms with Crippen LogP contribution in [0.4, 0.5) is 10.8 Å². The van der Waals surface area contributed by atoms with E-state index in [1.807, 2.05) is 6.92 Å². The monoisotopic (exact) mass is 440 g/mol. The molecular weight excluding hydrogens is 424 g/mol. The average Bonchev–Trinajstić information content (AvgIpc) is 3.28. The van der Waals surface area contributed by atoms with Crippen molar-refractivity contribution in [2.45, 2.75) is 28.2 Å². The van der Waals surface area contributed by atoms with Gasteiger partial charge in [-0.15, -0.1) is 33.3 Å². The molecule has 3 aromatic rings. The topological polar surface area (TPSA) is 101 Å². The van der Waals surface area contributed by atoms with Gasteiger partial charge in [-0.3, -0.25) is 14.8 Å². The standard InChI is InChI=1S/C16H16N4O3S4/c1-10(15(21)17-16-19-18-11(2)26-16)25-13-7-5-12(6-8-13)20-27(22,23)14-4-3-9-24-14/h3-10,20H,1-2H3,(H,17,19,21). The van der Waals surface area contributed by atoms with E-state index < -0.39 is 10.0 Å². The maximum Gasteiger partial charge on any atom is 0.271 e. The van der Waals surface area contributed by atoms with Crippen LogP contribution in [0, 0.1) is 6.92 Å². The van der Waals surface area contributed by atoms with Gasteiger partial charge in [-0.1, -0.05) is 17.4 Å². The van der Waals surface area contributed by atoms with Crippen molar-refractivity contribution >= 4 is 61.2 Å². The molecule has 7 nitrogen and oxygen atoms in total. The number of hydrogen-bond donors (Lipinski definition) is 2. The number of thiophene rings is 1. The van der Waals surface area contributed by atoms with E-state index in [1.54, 1.807) is 48.7 Å². The Hall–Kier alpha value is -1.95. The smallest absolute Gasteiger partial charge is 0.271 e. The lowest BCUT2D eigenvalue weighted by Gasteiger charge is -2.11. The molecule has 3 rings (SSSR count). The first-order valence-corrected chi connectivity index (χ1v) is 11.8. The molecule has 2 aromatic heterocycles. The van der Waals surface area contributed by atoms with Crippen LogP contribution in [-0.2, 0) is 14.8 Å². The van der Waals surface area contributed by atoms with Crippen LogP contribution in [0.25, 0.3) is 0 Å². The summed E-state index contributed by atoms with van der Waals surface area (Å²) in [5, 5.41) is 13.1. The molecule has 142 valence electrons. The van der Waals surface area contributed by atoms with Crippen molar-refractivity contribution in [1.82, 2.24) is 10.2 Å². The van der Waals surface area contributed by atoms with Gasteiger partial charge in [0.25, 0.3) is 10.0 Å². The first kappa shape index (κ1) is 19.8. The van der Waals surface area contributed by atoms with Gasteiger partial charge in [-0.2, -0.15) is 0 Å². The van der Waals surface area contributed by atoms with Gasteiger partial charge in [-0.25, -0.2) is 8.42 Å². The summed E-state index contributed by atoms with van der Waals surface area (Å²) in [6, 6.07) is 10.1. The summed E-state index contributed by atoms with van der Waals surface area (Å²) in [4.78, 5) is 13.1. The number of hydrogen-bond acceptors (Lipinski definition) is 8. The van der Waals surface area contributed by atoms with E-state index in [0.29, 0.717) is 10.8 Å². The highest BCUT2D eigenvalue weighted by Crippen LogP contribution is 2.27. The lowest BCUT2D eigenvalue weighted by atomic mass is 10.3. The van der Waals surface area contributed by atoms with Crippen LogP contribution in [-0.4, -0.2) is 29.8 Å². The normalized spacial score (nSPS) is 12.5. The number of amides is 1. The fraction of sp³-hybridized carbons (Fsp3) is 0.188. The molecule has 2 heterocycles. The maximum absolute atomic E-state index is 12.2. The molecule has 0 spiro atoms. The van der Waals surface area contributed by atoms with E-state index in [-0.39, 0.29) is 15.4 Å². The molecule has 0 saturated heterocycles. The number of carbonyl (C=O) groups excluding carboxylic acids is 1. The molecule has 27 heavy (non-hydrogen) atoms. The molecule has 0 fully saturated rings. The summed E-state index contributed by atoms with van der Waals surface area (Å²) in [6.45, 7) is 3.61. The molecular formula is C16H16N4O3S4. The third-order valence-corrected chi connectivity index (χ3v) is 7.95. The molecule has 0 radical (unpaired) electrons. The number of aryl methyl sites for hydroxylation is 1. The van der Waals surface area contributed by atoms with E-state index in [2.05, 4.69) is 20.2 Å². The Labute approximate surface area is 169 Å². The highest BCUT2D eigenvalue weighted by atomic mass is 32.2. The van der Waals surface area contributed by atoms with Crippen molar-refractivity contribution in [3.8, 4) is 0 Å². The Morgan fingerprint density at radius 3 is 2.52 bits per heavy atom. The summed E-state index contributed by atoms with van der Waals surface area (Å²) in [7, 11) is -3.57. The number of sulfonamides is 1. The number of benzene rings is 1. The largest absolute Gasteiger partial charge is 0.300 e. The van der Waals surface area contributed by atoms with Crippen LogP contribution in [0.3, 0.4) is 0 Å². The van der Waals surface area contributed by atoms with Crippen LogP contribution in [0.5, 0.6) is 0 Å². The molecule has 2 N–H and O–H groups in total. The fourth-order valence-corrected chi connectivity index (χ4v) is 5.55. The average molecular weight is 441 g/mol. The molecule has 0 aliphatic carbocycles.